The number of amides is 2. The third kappa shape index (κ3) is 5.13. The fraction of sp³-hybridized carbons (Fsp3) is 0.190. The standard InChI is InChI=1S/C21H20N2O6/c1-13(20(25)23-16-6-4-15(5-7-16)21(26)27-2)9-19(24)22-11-14-3-8-17-18(10-14)29-12-28-17/h3-10H,11-12H2,1-2H3,(H,22,24)(H,23,25)/b13-9+. The summed E-state index contributed by atoms with van der Waals surface area (Å²) in [7, 11) is 1.30. The highest BCUT2D eigenvalue weighted by atomic mass is 16.7. The average Bonchev–Trinajstić information content (AvgIpc) is 3.20. The summed E-state index contributed by atoms with van der Waals surface area (Å²) in [5.41, 5.74) is 1.96. The van der Waals surface area contributed by atoms with E-state index in [1.165, 1.54) is 20.1 Å². The Morgan fingerprint density at radius 3 is 2.52 bits per heavy atom. The summed E-state index contributed by atoms with van der Waals surface area (Å²) in [4.78, 5) is 35.8. The molecule has 0 bridgehead atoms. The summed E-state index contributed by atoms with van der Waals surface area (Å²) in [5, 5.41) is 5.39. The normalized spacial score (nSPS) is 12.3. The molecular formula is C21H20N2O6. The molecule has 1 aliphatic rings. The van der Waals surface area contributed by atoms with Gasteiger partial charge in [0.25, 0.3) is 5.91 Å². The summed E-state index contributed by atoms with van der Waals surface area (Å²) in [6, 6.07) is 11.6. The fourth-order valence-electron chi connectivity index (χ4n) is 2.59. The molecule has 2 N–H and O–H groups in total. The molecule has 0 saturated carbocycles. The van der Waals surface area contributed by atoms with Crippen LogP contribution in [-0.2, 0) is 20.9 Å². The molecule has 8 heteroatoms. The number of benzene rings is 2. The van der Waals surface area contributed by atoms with Crippen LogP contribution in [0.5, 0.6) is 11.5 Å². The van der Waals surface area contributed by atoms with E-state index in [0.29, 0.717) is 22.7 Å². The number of fused-ring (bicyclic) bond motifs is 1. The van der Waals surface area contributed by atoms with Gasteiger partial charge in [-0.3, -0.25) is 9.59 Å². The Labute approximate surface area is 167 Å². The van der Waals surface area contributed by atoms with Gasteiger partial charge >= 0.3 is 5.97 Å². The first-order chi connectivity index (χ1) is 14.0. The Bertz CT molecular complexity index is 966. The first-order valence-corrected chi connectivity index (χ1v) is 8.80. The monoisotopic (exact) mass is 396 g/mol. The number of anilines is 1. The van der Waals surface area contributed by atoms with Crippen LogP contribution in [0.25, 0.3) is 0 Å². The molecular weight excluding hydrogens is 376 g/mol. The van der Waals surface area contributed by atoms with E-state index in [4.69, 9.17) is 9.47 Å². The van der Waals surface area contributed by atoms with Gasteiger partial charge in [0.05, 0.1) is 12.7 Å². The molecule has 29 heavy (non-hydrogen) atoms. The number of hydrogen-bond acceptors (Lipinski definition) is 6. The minimum Gasteiger partial charge on any atom is -0.465 e. The summed E-state index contributed by atoms with van der Waals surface area (Å²) in [6.45, 7) is 2.02. The fourth-order valence-corrected chi connectivity index (χ4v) is 2.59. The summed E-state index contributed by atoms with van der Waals surface area (Å²) in [6.07, 6.45) is 1.23. The van der Waals surface area contributed by atoms with Crippen molar-refractivity contribution in [1.29, 1.82) is 0 Å². The van der Waals surface area contributed by atoms with Crippen LogP contribution in [0.4, 0.5) is 5.69 Å². The van der Waals surface area contributed by atoms with E-state index in [0.717, 1.165) is 5.56 Å². The molecule has 1 heterocycles. The maximum atomic E-state index is 12.2. The highest BCUT2D eigenvalue weighted by Gasteiger charge is 2.13. The Kier molecular flexibility index (Phi) is 6.13. The van der Waals surface area contributed by atoms with E-state index in [-0.39, 0.29) is 18.9 Å². The zero-order valence-corrected chi connectivity index (χ0v) is 16.0. The topological polar surface area (TPSA) is 103 Å². The van der Waals surface area contributed by atoms with Crippen LogP contribution in [0.1, 0.15) is 22.8 Å². The molecule has 150 valence electrons. The van der Waals surface area contributed by atoms with Crippen LogP contribution in [0, 0.1) is 0 Å². The minimum atomic E-state index is -0.460. The van der Waals surface area contributed by atoms with E-state index in [1.54, 1.807) is 36.4 Å². The number of nitrogens with one attached hydrogen (secondary N) is 2. The highest BCUT2D eigenvalue weighted by Crippen LogP contribution is 2.32. The molecule has 2 amide bonds. The van der Waals surface area contributed by atoms with E-state index < -0.39 is 17.8 Å². The molecule has 0 radical (unpaired) electrons. The molecule has 3 rings (SSSR count). The first-order valence-electron chi connectivity index (χ1n) is 8.80. The lowest BCUT2D eigenvalue weighted by atomic mass is 10.2. The van der Waals surface area contributed by atoms with Crippen molar-refractivity contribution >= 4 is 23.5 Å². The van der Waals surface area contributed by atoms with Gasteiger partial charge in [-0.2, -0.15) is 0 Å². The number of methoxy groups -OCH3 is 1. The van der Waals surface area contributed by atoms with Gasteiger partial charge in [-0.1, -0.05) is 6.07 Å². The Balaban J connectivity index is 1.53. The molecule has 2 aromatic rings. The van der Waals surface area contributed by atoms with Gasteiger partial charge in [0.15, 0.2) is 11.5 Å². The number of hydrogen-bond donors (Lipinski definition) is 2. The van der Waals surface area contributed by atoms with Gasteiger partial charge in [-0.25, -0.2) is 4.79 Å². The molecule has 0 saturated heterocycles. The predicted octanol–water partition coefficient (Wildman–Crippen LogP) is 2.40. The number of esters is 1. The van der Waals surface area contributed by atoms with Crippen molar-refractivity contribution in [1.82, 2.24) is 5.32 Å². The maximum absolute atomic E-state index is 12.2. The van der Waals surface area contributed by atoms with Gasteiger partial charge in [0.2, 0.25) is 12.7 Å². The van der Waals surface area contributed by atoms with Crippen molar-refractivity contribution in [2.24, 2.45) is 0 Å². The van der Waals surface area contributed by atoms with Crippen LogP contribution in [0.3, 0.4) is 0 Å². The van der Waals surface area contributed by atoms with Gasteiger partial charge in [-0.15, -0.1) is 0 Å². The molecule has 1 aliphatic heterocycles. The third-order valence-corrected chi connectivity index (χ3v) is 4.17. The third-order valence-electron chi connectivity index (χ3n) is 4.17. The van der Waals surface area contributed by atoms with Crippen molar-refractivity contribution in [2.45, 2.75) is 13.5 Å². The Morgan fingerprint density at radius 2 is 1.79 bits per heavy atom. The smallest absolute Gasteiger partial charge is 0.337 e. The Hall–Kier alpha value is -3.81. The summed E-state index contributed by atoms with van der Waals surface area (Å²) in [5.74, 6) is 0.0386. The van der Waals surface area contributed by atoms with Crippen molar-refractivity contribution in [3.63, 3.8) is 0 Å². The van der Waals surface area contributed by atoms with Crippen molar-refractivity contribution in [3.05, 3.63) is 65.2 Å². The van der Waals surface area contributed by atoms with Crippen molar-refractivity contribution in [2.75, 3.05) is 19.2 Å². The van der Waals surface area contributed by atoms with E-state index >= 15 is 0 Å². The van der Waals surface area contributed by atoms with E-state index in [1.807, 2.05) is 6.07 Å². The number of ether oxygens (including phenoxy) is 3. The highest BCUT2D eigenvalue weighted by molar-refractivity contribution is 6.07. The largest absolute Gasteiger partial charge is 0.465 e. The SMILES string of the molecule is COC(=O)c1ccc(NC(=O)/C(C)=C/C(=O)NCc2ccc3c(c2)OCO3)cc1. The van der Waals surface area contributed by atoms with Crippen LogP contribution in [-0.4, -0.2) is 31.7 Å². The molecule has 8 nitrogen and oxygen atoms in total. The lowest BCUT2D eigenvalue weighted by Crippen LogP contribution is -2.22. The summed E-state index contributed by atoms with van der Waals surface area (Å²) < 4.78 is 15.2. The second-order valence-corrected chi connectivity index (χ2v) is 6.26. The van der Waals surface area contributed by atoms with Gasteiger partial charge in [0.1, 0.15) is 0 Å². The predicted molar refractivity (Wildman–Crippen MR) is 105 cm³/mol. The molecule has 0 aromatic heterocycles. The van der Waals surface area contributed by atoms with Gasteiger partial charge in [-0.05, 0) is 48.9 Å². The first kappa shape index (κ1) is 19.9. The molecule has 0 atom stereocenters. The lowest BCUT2D eigenvalue weighted by Gasteiger charge is -2.07. The second kappa shape index (κ2) is 8.92. The van der Waals surface area contributed by atoms with Crippen molar-refractivity contribution in [3.8, 4) is 11.5 Å². The molecule has 0 fully saturated rings. The van der Waals surface area contributed by atoms with Crippen LogP contribution in [0.2, 0.25) is 0 Å². The van der Waals surface area contributed by atoms with E-state index in [2.05, 4.69) is 15.4 Å². The minimum absolute atomic E-state index is 0.188. The zero-order chi connectivity index (χ0) is 20.8. The zero-order valence-electron chi connectivity index (χ0n) is 16.0. The van der Waals surface area contributed by atoms with Crippen LogP contribution < -0.4 is 20.1 Å². The maximum Gasteiger partial charge on any atom is 0.337 e. The molecule has 0 unspecified atom stereocenters. The Morgan fingerprint density at radius 1 is 1.07 bits per heavy atom. The van der Waals surface area contributed by atoms with Crippen LogP contribution >= 0.6 is 0 Å². The molecule has 0 spiro atoms. The van der Waals surface area contributed by atoms with Crippen molar-refractivity contribution < 1.29 is 28.6 Å². The lowest BCUT2D eigenvalue weighted by molar-refractivity contribution is -0.117. The van der Waals surface area contributed by atoms with Gasteiger partial charge < -0.3 is 24.8 Å². The van der Waals surface area contributed by atoms with Crippen LogP contribution in [0.15, 0.2) is 54.1 Å². The van der Waals surface area contributed by atoms with Gasteiger partial charge in [0, 0.05) is 23.9 Å². The molecule has 0 aliphatic carbocycles. The summed E-state index contributed by atoms with van der Waals surface area (Å²) >= 11 is 0. The quantitative estimate of drug-likeness (QED) is 0.574. The number of carbonyl (C=O) groups is 3. The van der Waals surface area contributed by atoms with E-state index in [9.17, 15) is 14.4 Å². The second-order valence-electron chi connectivity index (χ2n) is 6.26. The number of carbonyl (C=O) groups excluding carboxylic acids is 3. The average molecular weight is 396 g/mol. The molecule has 2 aromatic carbocycles. The number of rotatable bonds is 6.